The molecule has 0 atom stereocenters. The Morgan fingerprint density at radius 1 is 1.47 bits per heavy atom. The first-order valence-corrected chi connectivity index (χ1v) is 5.12. The van der Waals surface area contributed by atoms with Gasteiger partial charge in [-0.05, 0) is 33.6 Å². The van der Waals surface area contributed by atoms with Crippen LogP contribution in [-0.4, -0.2) is 22.5 Å². The molecule has 15 heavy (non-hydrogen) atoms. The van der Waals surface area contributed by atoms with Crippen molar-refractivity contribution in [3.05, 3.63) is 12.3 Å². The average Bonchev–Trinajstić information content (AvgIpc) is 2.26. The summed E-state index contributed by atoms with van der Waals surface area (Å²) in [7, 11) is 0. The number of hydrogen-bond donors (Lipinski definition) is 0. The standard InChI is InChI=1S/C11H17NO3/c1-11(2,3)15-10(14)12-8-6-4-5-7-9(12)13/h6,8H,4-5,7H2,1-3H3. The number of ether oxygens (including phenoxy) is 1. The van der Waals surface area contributed by atoms with Crippen molar-refractivity contribution in [3.8, 4) is 0 Å². The first-order chi connectivity index (χ1) is 6.90. The quantitative estimate of drug-likeness (QED) is 0.618. The van der Waals surface area contributed by atoms with E-state index in [4.69, 9.17) is 4.74 Å². The number of carbonyl (C=O) groups is 2. The predicted octanol–water partition coefficient (Wildman–Crippen LogP) is 2.45. The normalized spacial score (nSPS) is 17.5. The first-order valence-electron chi connectivity index (χ1n) is 5.12. The number of rotatable bonds is 0. The third-order valence-electron chi connectivity index (χ3n) is 1.87. The molecule has 1 aliphatic rings. The van der Waals surface area contributed by atoms with Gasteiger partial charge in [-0.15, -0.1) is 0 Å². The lowest BCUT2D eigenvalue weighted by molar-refractivity contribution is -0.127. The van der Waals surface area contributed by atoms with Crippen LogP contribution in [-0.2, 0) is 9.53 Å². The van der Waals surface area contributed by atoms with Crippen molar-refractivity contribution in [2.24, 2.45) is 0 Å². The van der Waals surface area contributed by atoms with E-state index in [-0.39, 0.29) is 5.91 Å². The molecule has 1 aliphatic heterocycles. The summed E-state index contributed by atoms with van der Waals surface area (Å²) in [5.74, 6) is -0.196. The van der Waals surface area contributed by atoms with Crippen molar-refractivity contribution in [2.45, 2.75) is 45.6 Å². The summed E-state index contributed by atoms with van der Waals surface area (Å²) in [5, 5.41) is 0. The summed E-state index contributed by atoms with van der Waals surface area (Å²) in [6, 6.07) is 0. The van der Waals surface area contributed by atoms with Crippen molar-refractivity contribution in [2.75, 3.05) is 0 Å². The molecule has 0 saturated carbocycles. The lowest BCUT2D eigenvalue weighted by Gasteiger charge is -2.23. The molecule has 2 amide bonds. The third kappa shape index (κ3) is 3.73. The first kappa shape index (κ1) is 11.8. The van der Waals surface area contributed by atoms with E-state index >= 15 is 0 Å². The Labute approximate surface area is 89.9 Å². The zero-order valence-electron chi connectivity index (χ0n) is 9.45. The Bertz CT molecular complexity index is 289. The molecule has 0 aliphatic carbocycles. The van der Waals surface area contributed by atoms with E-state index < -0.39 is 11.7 Å². The van der Waals surface area contributed by atoms with Crippen molar-refractivity contribution in [1.29, 1.82) is 0 Å². The number of amides is 2. The minimum atomic E-state index is -0.592. The molecule has 4 nitrogen and oxygen atoms in total. The van der Waals surface area contributed by atoms with Crippen LogP contribution in [0.25, 0.3) is 0 Å². The largest absolute Gasteiger partial charge is 0.443 e. The monoisotopic (exact) mass is 211 g/mol. The van der Waals surface area contributed by atoms with Gasteiger partial charge < -0.3 is 4.74 Å². The number of allylic oxidation sites excluding steroid dienone is 1. The fraction of sp³-hybridized carbons (Fsp3) is 0.636. The van der Waals surface area contributed by atoms with Gasteiger partial charge in [-0.2, -0.15) is 0 Å². The van der Waals surface area contributed by atoms with E-state index in [2.05, 4.69) is 0 Å². The van der Waals surface area contributed by atoms with Crippen LogP contribution in [0.2, 0.25) is 0 Å². The van der Waals surface area contributed by atoms with Gasteiger partial charge in [0.15, 0.2) is 0 Å². The van der Waals surface area contributed by atoms with Crippen LogP contribution < -0.4 is 0 Å². The smallest absolute Gasteiger partial charge is 0.421 e. The SMILES string of the molecule is CC(C)(C)OC(=O)N1C=CCCCC1=O. The van der Waals surface area contributed by atoms with Crippen LogP contribution in [0.4, 0.5) is 4.79 Å². The Balaban J connectivity index is 2.68. The van der Waals surface area contributed by atoms with Crippen LogP contribution in [0.1, 0.15) is 40.0 Å². The molecule has 0 fully saturated rings. The molecule has 84 valence electrons. The van der Waals surface area contributed by atoms with Crippen molar-refractivity contribution >= 4 is 12.0 Å². The highest BCUT2D eigenvalue weighted by Crippen LogP contribution is 2.14. The molecule has 0 N–H and O–H groups in total. The molecule has 0 spiro atoms. The molecule has 0 aromatic carbocycles. The van der Waals surface area contributed by atoms with Crippen molar-refractivity contribution in [3.63, 3.8) is 0 Å². The van der Waals surface area contributed by atoms with Gasteiger partial charge in [0.1, 0.15) is 5.60 Å². The maximum Gasteiger partial charge on any atom is 0.421 e. The number of imide groups is 1. The Morgan fingerprint density at radius 2 is 2.13 bits per heavy atom. The second-order valence-corrected chi connectivity index (χ2v) is 4.52. The van der Waals surface area contributed by atoms with Gasteiger partial charge in [-0.25, -0.2) is 9.69 Å². The molecule has 0 unspecified atom stereocenters. The molecule has 1 rings (SSSR count). The van der Waals surface area contributed by atoms with E-state index in [0.717, 1.165) is 17.7 Å². The molecule has 0 radical (unpaired) electrons. The summed E-state index contributed by atoms with van der Waals surface area (Å²) in [6.07, 6.45) is 4.73. The van der Waals surface area contributed by atoms with Gasteiger partial charge in [0.2, 0.25) is 5.91 Å². The van der Waals surface area contributed by atoms with Crippen LogP contribution in [0.15, 0.2) is 12.3 Å². The molecule has 0 bridgehead atoms. The third-order valence-corrected chi connectivity index (χ3v) is 1.87. The highest BCUT2D eigenvalue weighted by atomic mass is 16.6. The second kappa shape index (κ2) is 4.47. The molecule has 4 heteroatoms. The molecule has 1 heterocycles. The minimum absolute atomic E-state index is 0.196. The summed E-state index contributed by atoms with van der Waals surface area (Å²) in [6.45, 7) is 5.32. The van der Waals surface area contributed by atoms with Gasteiger partial charge in [0, 0.05) is 12.6 Å². The second-order valence-electron chi connectivity index (χ2n) is 4.52. The summed E-state index contributed by atoms with van der Waals surface area (Å²) in [4.78, 5) is 24.2. The van der Waals surface area contributed by atoms with E-state index in [0.29, 0.717) is 6.42 Å². The van der Waals surface area contributed by atoms with Gasteiger partial charge >= 0.3 is 6.09 Å². The van der Waals surface area contributed by atoms with Crippen LogP contribution in [0.3, 0.4) is 0 Å². The van der Waals surface area contributed by atoms with Crippen molar-refractivity contribution < 1.29 is 14.3 Å². The number of nitrogens with zero attached hydrogens (tertiary/aromatic N) is 1. The van der Waals surface area contributed by atoms with Gasteiger partial charge in [-0.3, -0.25) is 4.79 Å². The van der Waals surface area contributed by atoms with Crippen LogP contribution >= 0.6 is 0 Å². The van der Waals surface area contributed by atoms with E-state index in [1.807, 2.05) is 6.08 Å². The Kier molecular flexibility index (Phi) is 3.50. The lowest BCUT2D eigenvalue weighted by atomic mass is 10.2. The molecule has 0 saturated heterocycles. The fourth-order valence-corrected chi connectivity index (χ4v) is 1.23. The highest BCUT2D eigenvalue weighted by molar-refractivity contribution is 5.93. The zero-order valence-corrected chi connectivity index (χ0v) is 9.45. The topological polar surface area (TPSA) is 46.6 Å². The van der Waals surface area contributed by atoms with Crippen LogP contribution in [0.5, 0.6) is 0 Å². The molecular formula is C11H17NO3. The average molecular weight is 211 g/mol. The maximum absolute atomic E-state index is 11.6. The summed E-state index contributed by atoms with van der Waals surface area (Å²) in [5.41, 5.74) is -0.572. The van der Waals surface area contributed by atoms with E-state index in [1.54, 1.807) is 20.8 Å². The summed E-state index contributed by atoms with van der Waals surface area (Å²) >= 11 is 0. The molecular weight excluding hydrogens is 194 g/mol. The lowest BCUT2D eigenvalue weighted by Crippen LogP contribution is -2.36. The van der Waals surface area contributed by atoms with E-state index in [1.165, 1.54) is 6.20 Å². The van der Waals surface area contributed by atoms with Gasteiger partial charge in [-0.1, -0.05) is 6.08 Å². The Morgan fingerprint density at radius 3 is 2.73 bits per heavy atom. The minimum Gasteiger partial charge on any atom is -0.443 e. The highest BCUT2D eigenvalue weighted by Gasteiger charge is 2.25. The zero-order chi connectivity index (χ0) is 11.5. The Hall–Kier alpha value is -1.32. The molecule has 0 aromatic heterocycles. The fourth-order valence-electron chi connectivity index (χ4n) is 1.23. The number of carbonyl (C=O) groups excluding carboxylic acids is 2. The molecule has 0 aromatic rings. The number of hydrogen-bond acceptors (Lipinski definition) is 3. The summed E-state index contributed by atoms with van der Waals surface area (Å²) < 4.78 is 5.12. The van der Waals surface area contributed by atoms with Gasteiger partial charge in [0.05, 0.1) is 0 Å². The van der Waals surface area contributed by atoms with Crippen molar-refractivity contribution in [1.82, 2.24) is 4.90 Å². The van der Waals surface area contributed by atoms with E-state index in [9.17, 15) is 9.59 Å². The van der Waals surface area contributed by atoms with Gasteiger partial charge in [0.25, 0.3) is 0 Å². The maximum atomic E-state index is 11.6. The van der Waals surface area contributed by atoms with Crippen LogP contribution in [0, 0.1) is 0 Å². The predicted molar refractivity (Wildman–Crippen MR) is 56.1 cm³/mol.